The Kier molecular flexibility index (Phi) is 4.82. The monoisotopic (exact) mass is 368 g/mol. The number of halogens is 1. The van der Waals surface area contributed by atoms with E-state index in [1.807, 2.05) is 13.1 Å². The highest BCUT2D eigenvalue weighted by Crippen LogP contribution is 2.25. The molecule has 1 saturated heterocycles. The largest absolute Gasteiger partial charge is 0.378 e. The van der Waals surface area contributed by atoms with E-state index in [-0.39, 0.29) is 0 Å². The zero-order chi connectivity index (χ0) is 14.7. The van der Waals surface area contributed by atoms with Crippen molar-refractivity contribution in [3.63, 3.8) is 0 Å². The third-order valence-electron chi connectivity index (χ3n) is 3.36. The van der Waals surface area contributed by atoms with Gasteiger partial charge in [0.2, 0.25) is 5.95 Å². The fourth-order valence-corrected chi connectivity index (χ4v) is 3.54. The van der Waals surface area contributed by atoms with Gasteiger partial charge in [-0.15, -0.1) is 10.2 Å². The number of ether oxygens (including phenoxy) is 1. The van der Waals surface area contributed by atoms with Crippen LogP contribution in [0.4, 0.5) is 5.95 Å². The van der Waals surface area contributed by atoms with E-state index in [0.29, 0.717) is 0 Å². The van der Waals surface area contributed by atoms with E-state index >= 15 is 0 Å². The third-order valence-corrected chi connectivity index (χ3v) is 4.95. The predicted molar refractivity (Wildman–Crippen MR) is 87.7 cm³/mol. The highest BCUT2D eigenvalue weighted by molar-refractivity contribution is 9.10. The smallest absolute Gasteiger partial charge is 0.227 e. The maximum Gasteiger partial charge on any atom is 0.227 e. The Morgan fingerprint density at radius 2 is 2.10 bits per heavy atom. The summed E-state index contributed by atoms with van der Waals surface area (Å²) >= 11 is 5.20. The number of morpholine rings is 1. The van der Waals surface area contributed by atoms with Crippen LogP contribution in [-0.2, 0) is 17.5 Å². The molecule has 3 rings (SSSR count). The first kappa shape index (κ1) is 14.9. The van der Waals surface area contributed by atoms with E-state index in [0.717, 1.165) is 47.6 Å². The number of anilines is 1. The van der Waals surface area contributed by atoms with E-state index < -0.39 is 0 Å². The highest BCUT2D eigenvalue weighted by atomic mass is 79.9. The second-order valence-electron chi connectivity index (χ2n) is 4.86. The summed E-state index contributed by atoms with van der Waals surface area (Å²) in [5, 5.41) is 9.57. The molecule has 1 aliphatic rings. The van der Waals surface area contributed by atoms with Gasteiger partial charge in [0.15, 0.2) is 5.16 Å². The van der Waals surface area contributed by atoms with Gasteiger partial charge in [-0.05, 0) is 17.7 Å². The van der Waals surface area contributed by atoms with Gasteiger partial charge in [-0.3, -0.25) is 4.57 Å². The average molecular weight is 369 g/mol. The summed E-state index contributed by atoms with van der Waals surface area (Å²) in [5.74, 6) is 1.81. The minimum absolute atomic E-state index is 0.757. The number of nitrogens with zero attached hydrogens (tertiary/aromatic N) is 4. The van der Waals surface area contributed by atoms with Crippen LogP contribution in [-0.4, -0.2) is 41.1 Å². The van der Waals surface area contributed by atoms with Crippen molar-refractivity contribution in [2.75, 3.05) is 31.2 Å². The van der Waals surface area contributed by atoms with E-state index in [4.69, 9.17) is 4.74 Å². The van der Waals surface area contributed by atoms with Gasteiger partial charge in [-0.25, -0.2) is 0 Å². The van der Waals surface area contributed by atoms with Gasteiger partial charge < -0.3 is 9.64 Å². The molecule has 1 aromatic heterocycles. The van der Waals surface area contributed by atoms with Crippen molar-refractivity contribution in [3.05, 3.63) is 34.3 Å². The maximum absolute atomic E-state index is 5.38. The van der Waals surface area contributed by atoms with E-state index in [9.17, 15) is 0 Å². The molecule has 0 amide bonds. The Morgan fingerprint density at radius 3 is 2.86 bits per heavy atom. The van der Waals surface area contributed by atoms with Gasteiger partial charge in [0.25, 0.3) is 0 Å². The van der Waals surface area contributed by atoms with Gasteiger partial charge in [-0.2, -0.15) is 0 Å². The van der Waals surface area contributed by atoms with Crippen LogP contribution in [0.15, 0.2) is 33.9 Å². The molecule has 2 aromatic rings. The normalized spacial score (nSPS) is 15.4. The highest BCUT2D eigenvalue weighted by Gasteiger charge is 2.18. The molecule has 1 aromatic carbocycles. The fraction of sp³-hybridized carbons (Fsp3) is 0.429. The summed E-state index contributed by atoms with van der Waals surface area (Å²) < 4.78 is 8.54. The number of hydrogen-bond acceptors (Lipinski definition) is 5. The minimum Gasteiger partial charge on any atom is -0.378 e. The lowest BCUT2D eigenvalue weighted by Crippen LogP contribution is -2.37. The quantitative estimate of drug-likeness (QED) is 0.776. The standard InChI is InChI=1S/C14H17BrN4OS/c1-18-13(19-5-7-20-8-6-19)16-17-14(18)21-10-11-3-2-4-12(15)9-11/h2-4,9H,5-8,10H2,1H3. The molecule has 21 heavy (non-hydrogen) atoms. The summed E-state index contributed by atoms with van der Waals surface area (Å²) in [6.07, 6.45) is 0. The zero-order valence-corrected chi connectivity index (χ0v) is 14.2. The predicted octanol–water partition coefficient (Wildman–Crippen LogP) is 2.71. The Bertz CT molecular complexity index is 613. The van der Waals surface area contributed by atoms with Crippen molar-refractivity contribution in [2.45, 2.75) is 10.9 Å². The van der Waals surface area contributed by atoms with Crippen molar-refractivity contribution >= 4 is 33.6 Å². The molecule has 5 nitrogen and oxygen atoms in total. The van der Waals surface area contributed by atoms with E-state index in [1.165, 1.54) is 5.56 Å². The molecule has 0 unspecified atom stereocenters. The lowest BCUT2D eigenvalue weighted by Gasteiger charge is -2.27. The second-order valence-corrected chi connectivity index (χ2v) is 6.72. The Hall–Kier alpha value is -1.05. The molecule has 0 aliphatic carbocycles. The topological polar surface area (TPSA) is 43.2 Å². The first-order valence-electron chi connectivity index (χ1n) is 6.83. The van der Waals surface area contributed by atoms with Gasteiger partial charge in [-0.1, -0.05) is 39.8 Å². The second kappa shape index (κ2) is 6.81. The fourth-order valence-electron chi connectivity index (χ4n) is 2.25. The molecule has 1 fully saturated rings. The van der Waals surface area contributed by atoms with Crippen molar-refractivity contribution in [1.29, 1.82) is 0 Å². The molecule has 0 atom stereocenters. The van der Waals surface area contributed by atoms with Crippen LogP contribution < -0.4 is 4.90 Å². The van der Waals surface area contributed by atoms with Gasteiger partial charge in [0, 0.05) is 30.4 Å². The molecular weight excluding hydrogens is 352 g/mol. The number of aromatic nitrogens is 3. The van der Waals surface area contributed by atoms with Gasteiger partial charge >= 0.3 is 0 Å². The summed E-state index contributed by atoms with van der Waals surface area (Å²) in [6.45, 7) is 3.27. The Balaban J connectivity index is 1.67. The lowest BCUT2D eigenvalue weighted by molar-refractivity contribution is 0.121. The molecule has 112 valence electrons. The van der Waals surface area contributed by atoms with Crippen molar-refractivity contribution < 1.29 is 4.74 Å². The van der Waals surface area contributed by atoms with Crippen LogP contribution in [0.5, 0.6) is 0 Å². The number of hydrogen-bond donors (Lipinski definition) is 0. The molecule has 0 bridgehead atoms. The first-order valence-corrected chi connectivity index (χ1v) is 8.61. The number of rotatable bonds is 4. The van der Waals surface area contributed by atoms with Crippen molar-refractivity contribution in [3.8, 4) is 0 Å². The van der Waals surface area contributed by atoms with Crippen LogP contribution in [0.25, 0.3) is 0 Å². The molecular formula is C14H17BrN4OS. The van der Waals surface area contributed by atoms with Crippen LogP contribution >= 0.6 is 27.7 Å². The van der Waals surface area contributed by atoms with Crippen LogP contribution in [0.2, 0.25) is 0 Å². The van der Waals surface area contributed by atoms with Gasteiger partial charge in [0.05, 0.1) is 13.2 Å². The van der Waals surface area contributed by atoms with Gasteiger partial charge in [0.1, 0.15) is 0 Å². The van der Waals surface area contributed by atoms with Crippen LogP contribution in [0.3, 0.4) is 0 Å². The third kappa shape index (κ3) is 3.59. The summed E-state index contributed by atoms with van der Waals surface area (Å²) in [4.78, 5) is 2.22. The minimum atomic E-state index is 0.757. The first-order chi connectivity index (χ1) is 10.2. The lowest BCUT2D eigenvalue weighted by atomic mass is 10.2. The van der Waals surface area contributed by atoms with Crippen LogP contribution in [0.1, 0.15) is 5.56 Å². The molecule has 0 spiro atoms. The van der Waals surface area contributed by atoms with E-state index in [2.05, 4.69) is 53.8 Å². The summed E-state index contributed by atoms with van der Waals surface area (Å²) in [7, 11) is 2.02. The summed E-state index contributed by atoms with van der Waals surface area (Å²) in [5.41, 5.74) is 1.27. The van der Waals surface area contributed by atoms with E-state index in [1.54, 1.807) is 11.8 Å². The van der Waals surface area contributed by atoms with Crippen molar-refractivity contribution in [2.24, 2.45) is 7.05 Å². The van der Waals surface area contributed by atoms with Crippen LogP contribution in [0, 0.1) is 0 Å². The van der Waals surface area contributed by atoms with Crippen molar-refractivity contribution in [1.82, 2.24) is 14.8 Å². The number of thioether (sulfide) groups is 1. The SMILES string of the molecule is Cn1c(SCc2cccc(Br)c2)nnc1N1CCOCC1. The Morgan fingerprint density at radius 1 is 1.29 bits per heavy atom. The molecule has 1 aliphatic heterocycles. The average Bonchev–Trinajstić information content (AvgIpc) is 2.87. The molecule has 7 heteroatoms. The Labute approximate surface area is 136 Å². The summed E-state index contributed by atoms with van der Waals surface area (Å²) in [6, 6.07) is 8.34. The zero-order valence-electron chi connectivity index (χ0n) is 11.8. The molecule has 0 radical (unpaired) electrons. The molecule has 0 N–H and O–H groups in total. The molecule has 2 heterocycles. The molecule has 0 saturated carbocycles. The maximum atomic E-state index is 5.38. The number of benzene rings is 1.